The molecule has 164 valence electrons. The van der Waals surface area contributed by atoms with E-state index in [1.807, 2.05) is 25.1 Å². The minimum Gasteiger partial charge on any atom is -0.497 e. The zero-order valence-corrected chi connectivity index (χ0v) is 17.8. The first kappa shape index (κ1) is 20.6. The number of anilines is 2. The Bertz CT molecular complexity index is 1040. The van der Waals surface area contributed by atoms with Crippen LogP contribution in [0.15, 0.2) is 34.9 Å². The second-order valence-corrected chi connectivity index (χ2v) is 6.90. The van der Waals surface area contributed by atoms with Gasteiger partial charge in [-0.05, 0) is 6.92 Å². The first-order chi connectivity index (χ1) is 15.1. The van der Waals surface area contributed by atoms with E-state index in [0.717, 1.165) is 17.2 Å². The average Bonchev–Trinajstić information content (AvgIpc) is 3.26. The molecule has 3 aromatic rings. The van der Waals surface area contributed by atoms with E-state index in [1.54, 1.807) is 25.2 Å². The number of urea groups is 1. The molecule has 0 saturated carbocycles. The minimum absolute atomic E-state index is 0.236. The van der Waals surface area contributed by atoms with Gasteiger partial charge in [0.05, 0.1) is 27.1 Å². The number of piperazine rings is 1. The number of rotatable bonds is 6. The number of nitrogens with one attached hydrogen (secondary N) is 1. The molecule has 1 fully saturated rings. The fraction of sp³-hybridized carbons (Fsp3) is 0.381. The van der Waals surface area contributed by atoms with Gasteiger partial charge in [-0.1, -0.05) is 0 Å². The number of amides is 2. The number of methoxy groups -OCH3 is 2. The lowest BCUT2D eigenvalue weighted by atomic mass is 10.2. The molecular formula is C21H25N5O5. The molecule has 0 atom stereocenters. The van der Waals surface area contributed by atoms with Gasteiger partial charge in [-0.15, -0.1) is 0 Å². The Morgan fingerprint density at radius 3 is 2.45 bits per heavy atom. The molecule has 10 heteroatoms. The Balaban J connectivity index is 1.43. The van der Waals surface area contributed by atoms with Gasteiger partial charge in [-0.2, -0.15) is 4.98 Å². The predicted molar refractivity (Wildman–Crippen MR) is 115 cm³/mol. The first-order valence-corrected chi connectivity index (χ1v) is 10.0. The summed E-state index contributed by atoms with van der Waals surface area (Å²) >= 11 is 0. The molecule has 0 spiro atoms. The van der Waals surface area contributed by atoms with Gasteiger partial charge < -0.3 is 28.4 Å². The lowest BCUT2D eigenvalue weighted by molar-refractivity contribution is 0.208. The highest BCUT2D eigenvalue weighted by molar-refractivity contribution is 5.90. The minimum atomic E-state index is -0.249. The van der Waals surface area contributed by atoms with Crippen LogP contribution in [-0.4, -0.2) is 67.9 Å². The monoisotopic (exact) mass is 427 g/mol. The van der Waals surface area contributed by atoms with Crippen LogP contribution >= 0.6 is 0 Å². The molecule has 0 radical (unpaired) electrons. The summed E-state index contributed by atoms with van der Waals surface area (Å²) in [6.45, 7) is 4.69. The number of benzene rings is 1. The summed E-state index contributed by atoms with van der Waals surface area (Å²) in [6, 6.07) is 7.20. The number of fused-ring (bicyclic) bond motifs is 1. The number of ether oxygens (including phenoxy) is 3. The van der Waals surface area contributed by atoms with Crippen LogP contribution in [0.5, 0.6) is 17.4 Å². The molecule has 2 amide bonds. The van der Waals surface area contributed by atoms with Crippen molar-refractivity contribution in [3.63, 3.8) is 0 Å². The maximum atomic E-state index is 12.9. The Labute approximate surface area is 179 Å². The molecule has 31 heavy (non-hydrogen) atoms. The zero-order valence-electron chi connectivity index (χ0n) is 17.8. The highest BCUT2D eigenvalue weighted by atomic mass is 16.5. The van der Waals surface area contributed by atoms with Crippen LogP contribution in [0.3, 0.4) is 0 Å². The van der Waals surface area contributed by atoms with Crippen LogP contribution in [0.1, 0.15) is 6.92 Å². The summed E-state index contributed by atoms with van der Waals surface area (Å²) in [5, 5.41) is 2.83. The van der Waals surface area contributed by atoms with Crippen molar-refractivity contribution >= 4 is 28.8 Å². The van der Waals surface area contributed by atoms with E-state index < -0.39 is 0 Å². The maximum absolute atomic E-state index is 12.9. The molecule has 1 aromatic carbocycles. The fourth-order valence-electron chi connectivity index (χ4n) is 3.42. The molecule has 1 saturated heterocycles. The molecule has 1 aliphatic rings. The number of hydrogen-bond acceptors (Lipinski definition) is 8. The van der Waals surface area contributed by atoms with Crippen molar-refractivity contribution in [2.24, 2.45) is 0 Å². The average molecular weight is 427 g/mol. The van der Waals surface area contributed by atoms with Gasteiger partial charge in [0.15, 0.2) is 5.82 Å². The van der Waals surface area contributed by atoms with Crippen molar-refractivity contribution in [3.05, 3.63) is 30.5 Å². The number of furan rings is 1. The van der Waals surface area contributed by atoms with Crippen molar-refractivity contribution in [3.8, 4) is 17.4 Å². The van der Waals surface area contributed by atoms with Crippen molar-refractivity contribution in [1.29, 1.82) is 0 Å². The molecule has 1 aliphatic heterocycles. The highest BCUT2D eigenvalue weighted by Crippen LogP contribution is 2.29. The standard InChI is InChI=1S/C21H25N5O5/c1-4-30-20-18(22-17-5-10-31-19(17)24-20)23-21(27)26-8-6-25(7-9-26)14-11-15(28-2)13-16(12-14)29-3/h5,10-13H,4,6-9H2,1-3H3,(H,22,23,27). The molecule has 0 aliphatic carbocycles. The van der Waals surface area contributed by atoms with E-state index >= 15 is 0 Å². The Morgan fingerprint density at radius 1 is 1.10 bits per heavy atom. The lowest BCUT2D eigenvalue weighted by Gasteiger charge is -2.36. The molecule has 0 unspecified atom stereocenters. The third kappa shape index (κ3) is 4.42. The Kier molecular flexibility index (Phi) is 5.96. The van der Waals surface area contributed by atoms with Crippen molar-refractivity contribution in [1.82, 2.24) is 14.9 Å². The maximum Gasteiger partial charge on any atom is 0.323 e. The van der Waals surface area contributed by atoms with Crippen LogP contribution in [0.25, 0.3) is 11.2 Å². The Hall–Kier alpha value is -3.69. The lowest BCUT2D eigenvalue weighted by Crippen LogP contribution is -2.50. The number of carbonyl (C=O) groups is 1. The molecule has 3 heterocycles. The fourth-order valence-corrected chi connectivity index (χ4v) is 3.42. The number of nitrogens with zero attached hydrogens (tertiary/aromatic N) is 4. The van der Waals surface area contributed by atoms with E-state index in [9.17, 15) is 4.79 Å². The van der Waals surface area contributed by atoms with Crippen LogP contribution < -0.4 is 24.4 Å². The van der Waals surface area contributed by atoms with Crippen LogP contribution in [-0.2, 0) is 0 Å². The second-order valence-electron chi connectivity index (χ2n) is 6.90. The van der Waals surface area contributed by atoms with Gasteiger partial charge in [0.1, 0.15) is 17.0 Å². The van der Waals surface area contributed by atoms with E-state index in [-0.39, 0.29) is 17.7 Å². The zero-order chi connectivity index (χ0) is 21.8. The van der Waals surface area contributed by atoms with Crippen LogP contribution in [0.2, 0.25) is 0 Å². The van der Waals surface area contributed by atoms with E-state index in [4.69, 9.17) is 18.6 Å². The van der Waals surface area contributed by atoms with Crippen LogP contribution in [0.4, 0.5) is 16.3 Å². The first-order valence-electron chi connectivity index (χ1n) is 10.0. The normalized spacial score (nSPS) is 13.9. The summed E-state index contributed by atoms with van der Waals surface area (Å²) in [6.07, 6.45) is 1.50. The van der Waals surface area contributed by atoms with E-state index in [0.29, 0.717) is 44.0 Å². The third-order valence-corrected chi connectivity index (χ3v) is 5.04. The van der Waals surface area contributed by atoms with Crippen molar-refractivity contribution in [2.45, 2.75) is 6.92 Å². The van der Waals surface area contributed by atoms with Crippen molar-refractivity contribution in [2.75, 3.05) is 57.2 Å². The van der Waals surface area contributed by atoms with Crippen LogP contribution in [0, 0.1) is 0 Å². The van der Waals surface area contributed by atoms with Gasteiger partial charge in [0, 0.05) is 56.1 Å². The van der Waals surface area contributed by atoms with E-state index in [2.05, 4.69) is 20.2 Å². The van der Waals surface area contributed by atoms with Gasteiger partial charge >= 0.3 is 6.03 Å². The Morgan fingerprint density at radius 2 is 1.81 bits per heavy atom. The topological polar surface area (TPSA) is 102 Å². The highest BCUT2D eigenvalue weighted by Gasteiger charge is 2.24. The SMILES string of the molecule is CCOc1nc2occc2nc1NC(=O)N1CCN(c2cc(OC)cc(OC)c2)CC1. The molecule has 1 N–H and O–H groups in total. The summed E-state index contributed by atoms with van der Waals surface area (Å²) in [4.78, 5) is 25.5. The second kappa shape index (κ2) is 8.99. The summed E-state index contributed by atoms with van der Waals surface area (Å²) in [5.41, 5.74) is 1.91. The van der Waals surface area contributed by atoms with Gasteiger partial charge in [-0.3, -0.25) is 5.32 Å². The quantitative estimate of drug-likeness (QED) is 0.641. The number of aromatic nitrogens is 2. The molecule has 2 aromatic heterocycles. The van der Waals surface area contributed by atoms with E-state index in [1.165, 1.54) is 6.26 Å². The van der Waals surface area contributed by atoms with Gasteiger partial charge in [0.2, 0.25) is 5.71 Å². The smallest absolute Gasteiger partial charge is 0.323 e. The predicted octanol–water partition coefficient (Wildman–Crippen LogP) is 2.99. The summed E-state index contributed by atoms with van der Waals surface area (Å²) in [7, 11) is 3.25. The summed E-state index contributed by atoms with van der Waals surface area (Å²) in [5.74, 6) is 1.97. The van der Waals surface area contributed by atoms with Gasteiger partial charge in [-0.25, -0.2) is 9.78 Å². The number of carbonyl (C=O) groups excluding carboxylic acids is 1. The third-order valence-electron chi connectivity index (χ3n) is 5.04. The molecule has 4 rings (SSSR count). The molecular weight excluding hydrogens is 402 g/mol. The molecule has 10 nitrogen and oxygen atoms in total. The summed E-state index contributed by atoms with van der Waals surface area (Å²) < 4.78 is 21.5. The van der Waals surface area contributed by atoms with Gasteiger partial charge in [0.25, 0.3) is 5.88 Å². The van der Waals surface area contributed by atoms with Crippen molar-refractivity contribution < 1.29 is 23.4 Å². The number of hydrogen-bond donors (Lipinski definition) is 1. The largest absolute Gasteiger partial charge is 0.497 e. The molecule has 0 bridgehead atoms.